The number of nitrogens with two attached hydrogens (primary N) is 1. The molecule has 0 radical (unpaired) electrons. The average Bonchev–Trinajstić information content (AvgIpc) is 3.17. The van der Waals surface area contributed by atoms with E-state index in [9.17, 15) is 19.5 Å². The molecule has 54 heavy (non-hydrogen) atoms. The SMILES string of the molecule is COc1ccc(C2=NN(Cc3ccc(OCCCCNCC(O)c4cc(Cl)c(N)c(Cl)c4)cc3)C(=O)[C@@H]3CC=CC[C@H]23)cc1OC.O=C(O)/C=C/C(=O)O. The van der Waals surface area contributed by atoms with Crippen molar-refractivity contribution in [1.29, 1.82) is 0 Å². The predicted molar refractivity (Wildman–Crippen MR) is 206 cm³/mol. The number of carboxylic acid groups (broad SMARTS) is 2. The minimum Gasteiger partial charge on any atom is -0.494 e. The smallest absolute Gasteiger partial charge is 0.328 e. The highest BCUT2D eigenvalue weighted by molar-refractivity contribution is 6.38. The van der Waals surface area contributed by atoms with Crippen LogP contribution in [0.15, 0.2) is 84.0 Å². The number of unbranched alkanes of at least 4 members (excludes halogenated alkanes) is 1. The van der Waals surface area contributed by atoms with Crippen molar-refractivity contribution in [2.24, 2.45) is 16.9 Å². The lowest BCUT2D eigenvalue weighted by Gasteiger charge is -2.37. The van der Waals surface area contributed by atoms with Gasteiger partial charge in [-0.25, -0.2) is 14.6 Å². The minimum atomic E-state index is -1.26. The molecule has 1 unspecified atom stereocenters. The number of nitrogen functional groups attached to an aromatic ring is 1. The van der Waals surface area contributed by atoms with E-state index < -0.39 is 18.0 Å². The normalized spacial score (nSPS) is 16.9. The number of amides is 1. The molecule has 0 bridgehead atoms. The van der Waals surface area contributed by atoms with Gasteiger partial charge in [0.15, 0.2) is 11.5 Å². The number of carboxylic acids is 2. The molecule has 0 aromatic heterocycles. The summed E-state index contributed by atoms with van der Waals surface area (Å²) in [6, 6.07) is 16.8. The molecule has 3 aromatic carbocycles. The first kappa shape index (κ1) is 41.7. The van der Waals surface area contributed by atoms with Gasteiger partial charge in [-0.1, -0.05) is 47.5 Å². The van der Waals surface area contributed by atoms with E-state index >= 15 is 0 Å². The number of benzene rings is 3. The molecule has 0 fully saturated rings. The van der Waals surface area contributed by atoms with Crippen molar-refractivity contribution in [2.75, 3.05) is 39.6 Å². The third kappa shape index (κ3) is 11.7. The van der Waals surface area contributed by atoms with Crippen LogP contribution in [0.1, 0.15) is 48.5 Å². The largest absolute Gasteiger partial charge is 0.494 e. The number of ether oxygens (including phenoxy) is 3. The number of aliphatic hydroxyl groups is 1. The Morgan fingerprint density at radius 3 is 2.19 bits per heavy atom. The van der Waals surface area contributed by atoms with Crippen LogP contribution in [0.4, 0.5) is 5.69 Å². The van der Waals surface area contributed by atoms with Crippen LogP contribution in [0.2, 0.25) is 10.0 Å². The molecule has 0 saturated carbocycles. The summed E-state index contributed by atoms with van der Waals surface area (Å²) >= 11 is 12.1. The van der Waals surface area contributed by atoms with Crippen LogP contribution < -0.4 is 25.3 Å². The molecular weight excluding hydrogens is 739 g/mol. The highest BCUT2D eigenvalue weighted by Gasteiger charge is 2.40. The lowest BCUT2D eigenvalue weighted by molar-refractivity contribution is -0.138. The Morgan fingerprint density at radius 1 is 0.944 bits per heavy atom. The van der Waals surface area contributed by atoms with Crippen LogP contribution in [0, 0.1) is 11.8 Å². The van der Waals surface area contributed by atoms with E-state index in [1.165, 1.54) is 0 Å². The zero-order chi connectivity index (χ0) is 39.2. The zero-order valence-electron chi connectivity index (χ0n) is 29.9. The maximum Gasteiger partial charge on any atom is 0.328 e. The van der Waals surface area contributed by atoms with Crippen molar-refractivity contribution in [3.8, 4) is 17.2 Å². The second kappa shape index (κ2) is 20.4. The summed E-state index contributed by atoms with van der Waals surface area (Å²) < 4.78 is 16.9. The van der Waals surface area contributed by atoms with Crippen molar-refractivity contribution >= 4 is 52.4 Å². The molecule has 1 amide bonds. The van der Waals surface area contributed by atoms with Gasteiger partial charge in [-0.2, -0.15) is 5.10 Å². The standard InChI is InChI=1S/C35H40Cl2N4O5.C4H4O4/c1-44-31-14-11-23(19-32(31)45-2)34-26-7-3-4-8-27(26)35(43)41(40-34)21-22-9-12-25(13-10-22)46-16-6-5-15-39-20-30(42)24-17-28(36)33(38)29(37)18-24;5-3(6)1-2-4(7)8/h3-4,9-14,17-19,26-27,30,39,42H,5-8,15-16,20-21,38H2,1-2H3;1-2H,(H,5,6)(H,7,8)/b;2-1+/t26-,27+,30?;/m0./s1. The summed E-state index contributed by atoms with van der Waals surface area (Å²) in [5.41, 5.74) is 9.47. The van der Waals surface area contributed by atoms with Crippen molar-refractivity contribution in [3.05, 3.63) is 106 Å². The van der Waals surface area contributed by atoms with Gasteiger partial charge in [0.1, 0.15) is 5.75 Å². The summed E-state index contributed by atoms with van der Waals surface area (Å²) in [5.74, 6) is -0.560. The second-order valence-corrected chi connectivity index (χ2v) is 13.2. The molecule has 6 N–H and O–H groups in total. The van der Waals surface area contributed by atoms with Crippen LogP contribution in [-0.4, -0.2) is 77.8 Å². The monoisotopic (exact) mass is 782 g/mol. The number of carbonyl (C=O) groups is 3. The molecule has 288 valence electrons. The fraction of sp³-hybridized carbons (Fsp3) is 0.333. The minimum absolute atomic E-state index is 0.0183. The summed E-state index contributed by atoms with van der Waals surface area (Å²) in [6.07, 6.45) is 7.79. The van der Waals surface area contributed by atoms with Crippen LogP contribution in [0.5, 0.6) is 17.2 Å². The molecule has 1 heterocycles. The number of carbonyl (C=O) groups excluding carboxylic acids is 1. The topological polar surface area (TPSA) is 193 Å². The van der Waals surface area contributed by atoms with Crippen molar-refractivity contribution < 1.29 is 43.9 Å². The lowest BCUT2D eigenvalue weighted by Crippen LogP contribution is -2.45. The van der Waals surface area contributed by atoms with Gasteiger partial charge in [-0.05, 0) is 85.8 Å². The molecule has 2 aliphatic rings. The Morgan fingerprint density at radius 2 is 1.57 bits per heavy atom. The molecule has 3 aromatic rings. The van der Waals surface area contributed by atoms with Crippen LogP contribution in [0.3, 0.4) is 0 Å². The number of aliphatic hydroxyl groups excluding tert-OH is 1. The van der Waals surface area contributed by atoms with E-state index in [1.54, 1.807) is 31.4 Å². The van der Waals surface area contributed by atoms with Gasteiger partial charge in [-0.15, -0.1) is 0 Å². The van der Waals surface area contributed by atoms with Crippen LogP contribution >= 0.6 is 23.2 Å². The van der Waals surface area contributed by atoms with Crippen molar-refractivity contribution in [1.82, 2.24) is 10.3 Å². The van der Waals surface area contributed by atoms with Crippen LogP contribution in [-0.2, 0) is 20.9 Å². The number of hydrazone groups is 1. The number of rotatable bonds is 16. The van der Waals surface area contributed by atoms with Gasteiger partial charge < -0.3 is 40.6 Å². The third-order valence-corrected chi connectivity index (χ3v) is 9.35. The summed E-state index contributed by atoms with van der Waals surface area (Å²) in [5, 5.41) is 36.4. The summed E-state index contributed by atoms with van der Waals surface area (Å²) in [4.78, 5) is 32.6. The van der Waals surface area contributed by atoms with E-state index in [0.717, 1.165) is 48.4 Å². The van der Waals surface area contributed by atoms with Crippen LogP contribution in [0.25, 0.3) is 0 Å². The number of hydrogen-bond acceptors (Lipinski definition) is 10. The van der Waals surface area contributed by atoms with Gasteiger partial charge in [-0.3, -0.25) is 4.79 Å². The summed E-state index contributed by atoms with van der Waals surface area (Å²) in [7, 11) is 3.23. The van der Waals surface area contributed by atoms with E-state index in [0.29, 0.717) is 71.1 Å². The van der Waals surface area contributed by atoms with Gasteiger partial charge in [0.05, 0.1) is 60.8 Å². The number of halogens is 2. The van der Waals surface area contributed by atoms with Gasteiger partial charge in [0.2, 0.25) is 5.91 Å². The molecule has 0 spiro atoms. The Bertz CT molecular complexity index is 1830. The number of anilines is 1. The molecule has 3 atom stereocenters. The number of hydrogen-bond donors (Lipinski definition) is 5. The maximum atomic E-state index is 13.5. The fourth-order valence-electron chi connectivity index (χ4n) is 5.92. The number of aliphatic carboxylic acids is 2. The second-order valence-electron chi connectivity index (χ2n) is 12.4. The van der Waals surface area contributed by atoms with E-state index in [2.05, 4.69) is 17.5 Å². The molecule has 5 rings (SSSR count). The first-order chi connectivity index (χ1) is 25.9. The third-order valence-electron chi connectivity index (χ3n) is 8.73. The molecule has 15 heteroatoms. The Hall–Kier alpha value is -5.08. The molecule has 0 saturated heterocycles. The fourth-order valence-corrected chi connectivity index (χ4v) is 6.42. The number of nitrogens with zero attached hydrogens (tertiary/aromatic N) is 2. The summed E-state index contributed by atoms with van der Waals surface area (Å²) in [6.45, 7) is 2.03. The van der Waals surface area contributed by atoms with Gasteiger partial charge in [0, 0.05) is 30.2 Å². The Balaban J connectivity index is 0.000000730. The molecule has 1 aliphatic carbocycles. The quantitative estimate of drug-likeness (QED) is 0.0487. The number of allylic oxidation sites excluding steroid dienone is 2. The van der Waals surface area contributed by atoms with E-state index in [1.807, 2.05) is 42.5 Å². The highest BCUT2D eigenvalue weighted by atomic mass is 35.5. The zero-order valence-corrected chi connectivity index (χ0v) is 31.4. The number of methoxy groups -OCH3 is 2. The molecular formula is C39H44Cl2N4O9. The molecule has 13 nitrogen and oxygen atoms in total. The Labute approximate surface area is 323 Å². The highest BCUT2D eigenvalue weighted by Crippen LogP contribution is 2.37. The van der Waals surface area contributed by atoms with E-state index in [-0.39, 0.29) is 17.7 Å². The van der Waals surface area contributed by atoms with E-state index in [4.69, 9.17) is 58.5 Å². The first-order valence-electron chi connectivity index (χ1n) is 17.2. The predicted octanol–water partition coefficient (Wildman–Crippen LogP) is 6.12. The number of fused-ring (bicyclic) bond motifs is 1. The molecule has 1 aliphatic heterocycles. The maximum absolute atomic E-state index is 13.5. The van der Waals surface area contributed by atoms with Gasteiger partial charge >= 0.3 is 11.9 Å². The number of nitrogens with one attached hydrogen (secondary N) is 1. The van der Waals surface area contributed by atoms with Crippen molar-refractivity contribution in [2.45, 2.75) is 38.3 Å². The Kier molecular flexibility index (Phi) is 15.7. The van der Waals surface area contributed by atoms with Crippen molar-refractivity contribution in [3.63, 3.8) is 0 Å². The first-order valence-corrected chi connectivity index (χ1v) is 17.9. The average molecular weight is 784 g/mol. The van der Waals surface area contributed by atoms with Gasteiger partial charge in [0.25, 0.3) is 0 Å². The lowest BCUT2D eigenvalue weighted by atomic mass is 9.76.